The summed E-state index contributed by atoms with van der Waals surface area (Å²) in [7, 11) is 0. The van der Waals surface area contributed by atoms with E-state index in [1.807, 2.05) is 10.9 Å². The quantitative estimate of drug-likeness (QED) is 0.832. The lowest BCUT2D eigenvalue weighted by Crippen LogP contribution is -2.29. The monoisotopic (exact) mass is 279 g/mol. The van der Waals surface area contributed by atoms with Crippen molar-refractivity contribution in [2.75, 3.05) is 6.54 Å². The van der Waals surface area contributed by atoms with E-state index in [4.69, 9.17) is 5.11 Å². The molecule has 1 aromatic heterocycles. The first-order valence-corrected chi connectivity index (χ1v) is 7.11. The number of carboxylic acid groups (broad SMARTS) is 1. The van der Waals surface area contributed by atoms with Gasteiger partial charge in [0.25, 0.3) is 5.91 Å². The van der Waals surface area contributed by atoms with E-state index in [-0.39, 0.29) is 18.2 Å². The number of hydrogen-bond acceptors (Lipinski definition) is 3. The van der Waals surface area contributed by atoms with Gasteiger partial charge in [-0.1, -0.05) is 19.8 Å². The van der Waals surface area contributed by atoms with Gasteiger partial charge in [0.15, 0.2) is 0 Å². The van der Waals surface area contributed by atoms with Gasteiger partial charge >= 0.3 is 5.97 Å². The lowest BCUT2D eigenvalue weighted by atomic mass is 10.1. The van der Waals surface area contributed by atoms with Crippen LogP contribution in [0.3, 0.4) is 0 Å². The SMILES string of the molecule is C[C@@H](CNC(=O)c1ccn(C2CCCC2)n1)CC(=O)O. The number of aliphatic carboxylic acids is 1. The third-order valence-corrected chi connectivity index (χ3v) is 3.67. The van der Waals surface area contributed by atoms with E-state index in [1.165, 1.54) is 12.8 Å². The Labute approximate surface area is 118 Å². The zero-order valence-electron chi connectivity index (χ0n) is 11.7. The molecule has 1 saturated carbocycles. The summed E-state index contributed by atoms with van der Waals surface area (Å²) in [4.78, 5) is 22.5. The number of rotatable bonds is 6. The molecule has 0 aliphatic heterocycles. The van der Waals surface area contributed by atoms with Gasteiger partial charge in [0.1, 0.15) is 5.69 Å². The number of carboxylic acids is 1. The maximum absolute atomic E-state index is 11.9. The number of hydrogen-bond donors (Lipinski definition) is 2. The molecule has 0 radical (unpaired) electrons. The molecule has 1 heterocycles. The lowest BCUT2D eigenvalue weighted by molar-refractivity contribution is -0.137. The van der Waals surface area contributed by atoms with Crippen LogP contribution in [0.5, 0.6) is 0 Å². The van der Waals surface area contributed by atoms with Crippen molar-refractivity contribution in [2.45, 2.75) is 45.1 Å². The van der Waals surface area contributed by atoms with Gasteiger partial charge in [-0.05, 0) is 24.8 Å². The van der Waals surface area contributed by atoms with Crippen LogP contribution in [-0.4, -0.2) is 33.3 Å². The molecule has 1 fully saturated rings. The predicted octanol–water partition coefficient (Wildman–Crippen LogP) is 1.84. The van der Waals surface area contributed by atoms with Crippen molar-refractivity contribution in [3.8, 4) is 0 Å². The van der Waals surface area contributed by atoms with Gasteiger partial charge in [-0.25, -0.2) is 0 Å². The Morgan fingerprint density at radius 2 is 2.20 bits per heavy atom. The Kier molecular flexibility index (Phi) is 4.76. The largest absolute Gasteiger partial charge is 0.481 e. The van der Waals surface area contributed by atoms with Crippen LogP contribution in [0.25, 0.3) is 0 Å². The molecule has 1 atom stereocenters. The molecule has 6 heteroatoms. The van der Waals surface area contributed by atoms with Crippen LogP contribution in [0.1, 0.15) is 55.6 Å². The fraction of sp³-hybridized carbons (Fsp3) is 0.643. The highest BCUT2D eigenvalue weighted by Crippen LogP contribution is 2.28. The lowest BCUT2D eigenvalue weighted by Gasteiger charge is -2.10. The van der Waals surface area contributed by atoms with Crippen LogP contribution in [-0.2, 0) is 4.79 Å². The normalized spacial score (nSPS) is 17.1. The summed E-state index contributed by atoms with van der Waals surface area (Å²) in [5, 5.41) is 15.7. The summed E-state index contributed by atoms with van der Waals surface area (Å²) < 4.78 is 1.88. The standard InChI is InChI=1S/C14H21N3O3/c1-10(8-13(18)19)9-15-14(20)12-6-7-17(16-12)11-4-2-3-5-11/h6-7,10-11H,2-5,8-9H2,1H3,(H,15,20)(H,18,19)/t10-/m1/s1. The van der Waals surface area contributed by atoms with Crippen LogP contribution in [0, 0.1) is 5.92 Å². The highest BCUT2D eigenvalue weighted by atomic mass is 16.4. The zero-order valence-corrected chi connectivity index (χ0v) is 11.7. The van der Waals surface area contributed by atoms with Crippen molar-refractivity contribution in [1.82, 2.24) is 15.1 Å². The molecule has 6 nitrogen and oxygen atoms in total. The fourth-order valence-corrected chi connectivity index (χ4v) is 2.56. The topological polar surface area (TPSA) is 84.2 Å². The first-order chi connectivity index (χ1) is 9.56. The van der Waals surface area contributed by atoms with Gasteiger partial charge in [-0.15, -0.1) is 0 Å². The molecular weight excluding hydrogens is 258 g/mol. The Morgan fingerprint density at radius 3 is 2.85 bits per heavy atom. The number of carbonyl (C=O) groups is 2. The summed E-state index contributed by atoms with van der Waals surface area (Å²) in [6, 6.07) is 2.14. The van der Waals surface area contributed by atoms with Crippen LogP contribution in [0.15, 0.2) is 12.3 Å². The summed E-state index contributed by atoms with van der Waals surface area (Å²) in [5.74, 6) is -1.18. The van der Waals surface area contributed by atoms with Crippen molar-refractivity contribution in [2.24, 2.45) is 5.92 Å². The molecule has 1 aliphatic carbocycles. The molecule has 20 heavy (non-hydrogen) atoms. The maximum Gasteiger partial charge on any atom is 0.303 e. The number of nitrogens with one attached hydrogen (secondary N) is 1. The summed E-state index contributed by atoms with van der Waals surface area (Å²) in [5.41, 5.74) is 0.402. The first-order valence-electron chi connectivity index (χ1n) is 7.11. The highest BCUT2D eigenvalue weighted by molar-refractivity contribution is 5.92. The molecule has 0 saturated heterocycles. The molecule has 1 amide bonds. The van der Waals surface area contributed by atoms with E-state index in [2.05, 4.69) is 10.4 Å². The average molecular weight is 279 g/mol. The smallest absolute Gasteiger partial charge is 0.303 e. The molecule has 0 bridgehead atoms. The number of carbonyl (C=O) groups excluding carboxylic acids is 1. The molecule has 1 aliphatic rings. The molecule has 0 aromatic carbocycles. The second-order valence-electron chi connectivity index (χ2n) is 5.53. The minimum atomic E-state index is -0.850. The first kappa shape index (κ1) is 14.6. The van der Waals surface area contributed by atoms with Crippen LogP contribution in [0.2, 0.25) is 0 Å². The van der Waals surface area contributed by atoms with Crippen molar-refractivity contribution < 1.29 is 14.7 Å². The van der Waals surface area contributed by atoms with E-state index in [0.717, 1.165) is 12.8 Å². The van der Waals surface area contributed by atoms with Gasteiger partial charge in [0.05, 0.1) is 6.04 Å². The zero-order chi connectivity index (χ0) is 14.5. The number of nitrogens with zero attached hydrogens (tertiary/aromatic N) is 2. The molecule has 0 spiro atoms. The molecule has 1 aromatic rings. The Balaban J connectivity index is 1.84. The average Bonchev–Trinajstić information content (AvgIpc) is 3.04. The van der Waals surface area contributed by atoms with E-state index in [1.54, 1.807) is 13.0 Å². The molecule has 2 N–H and O–H groups in total. The number of amides is 1. The molecular formula is C14H21N3O3. The molecule has 110 valence electrons. The fourth-order valence-electron chi connectivity index (χ4n) is 2.56. The highest BCUT2D eigenvalue weighted by Gasteiger charge is 2.19. The van der Waals surface area contributed by atoms with E-state index in [9.17, 15) is 9.59 Å². The van der Waals surface area contributed by atoms with Gasteiger partial charge in [-0.3, -0.25) is 14.3 Å². The number of aromatic nitrogens is 2. The van der Waals surface area contributed by atoms with Crippen molar-refractivity contribution >= 4 is 11.9 Å². The van der Waals surface area contributed by atoms with Crippen molar-refractivity contribution in [3.63, 3.8) is 0 Å². The second-order valence-corrected chi connectivity index (χ2v) is 5.53. The molecule has 0 unspecified atom stereocenters. The van der Waals surface area contributed by atoms with Crippen molar-refractivity contribution in [3.05, 3.63) is 18.0 Å². The predicted molar refractivity (Wildman–Crippen MR) is 73.5 cm³/mol. The third-order valence-electron chi connectivity index (χ3n) is 3.67. The molecule has 2 rings (SSSR count). The van der Waals surface area contributed by atoms with Gasteiger partial charge in [0, 0.05) is 19.2 Å². The summed E-state index contributed by atoms with van der Waals surface area (Å²) in [6.45, 7) is 2.15. The van der Waals surface area contributed by atoms with Gasteiger partial charge in [0.2, 0.25) is 0 Å². The van der Waals surface area contributed by atoms with Gasteiger partial charge in [-0.2, -0.15) is 5.10 Å². The second kappa shape index (κ2) is 6.54. The Morgan fingerprint density at radius 1 is 1.50 bits per heavy atom. The summed E-state index contributed by atoms with van der Waals surface area (Å²) in [6.07, 6.45) is 6.59. The van der Waals surface area contributed by atoms with Crippen molar-refractivity contribution in [1.29, 1.82) is 0 Å². The Bertz CT molecular complexity index is 478. The summed E-state index contributed by atoms with van der Waals surface area (Å²) >= 11 is 0. The third kappa shape index (κ3) is 3.82. The van der Waals surface area contributed by atoms with Crippen LogP contribution < -0.4 is 5.32 Å². The van der Waals surface area contributed by atoms with Crippen LogP contribution in [0.4, 0.5) is 0 Å². The Hall–Kier alpha value is -1.85. The minimum Gasteiger partial charge on any atom is -0.481 e. The van der Waals surface area contributed by atoms with E-state index in [0.29, 0.717) is 18.3 Å². The van der Waals surface area contributed by atoms with E-state index >= 15 is 0 Å². The van der Waals surface area contributed by atoms with Crippen LogP contribution >= 0.6 is 0 Å². The minimum absolute atomic E-state index is 0.0524. The van der Waals surface area contributed by atoms with E-state index < -0.39 is 5.97 Å². The maximum atomic E-state index is 11.9. The van der Waals surface area contributed by atoms with Gasteiger partial charge < -0.3 is 10.4 Å².